The van der Waals surface area contributed by atoms with Gasteiger partial charge in [-0.15, -0.1) is 0 Å². The van der Waals surface area contributed by atoms with Crippen LogP contribution in [-0.4, -0.2) is 57.4 Å². The Balaban J connectivity index is 2.42. The van der Waals surface area contributed by atoms with Crippen LogP contribution in [0.1, 0.15) is 39.0 Å². The molecule has 17 heavy (non-hydrogen) atoms. The molecule has 0 bridgehead atoms. The fourth-order valence-corrected chi connectivity index (χ4v) is 2.36. The van der Waals surface area contributed by atoms with E-state index >= 15 is 0 Å². The van der Waals surface area contributed by atoms with Gasteiger partial charge >= 0.3 is 0 Å². The normalized spacial score (nSPS) is 38.3. The molecule has 0 amide bonds. The Hall–Kier alpha value is -0.200. The van der Waals surface area contributed by atoms with Crippen molar-refractivity contribution in [1.29, 1.82) is 0 Å². The third kappa shape index (κ3) is 3.89. The van der Waals surface area contributed by atoms with E-state index in [4.69, 9.17) is 5.11 Å². The molecule has 1 aliphatic rings. The summed E-state index contributed by atoms with van der Waals surface area (Å²) in [5.41, 5.74) is 0. The zero-order valence-corrected chi connectivity index (χ0v) is 10.4. The predicted octanol–water partition coefficient (Wildman–Crippen LogP) is -0.628. The quantitative estimate of drug-likeness (QED) is 0.403. The highest BCUT2D eigenvalue weighted by molar-refractivity contribution is 4.97. The predicted molar refractivity (Wildman–Crippen MR) is 64.6 cm³/mol. The second-order valence-corrected chi connectivity index (χ2v) is 4.88. The van der Waals surface area contributed by atoms with Crippen LogP contribution < -0.4 is 5.32 Å². The van der Waals surface area contributed by atoms with Crippen molar-refractivity contribution in [3.8, 4) is 0 Å². The third-order valence-electron chi connectivity index (χ3n) is 3.52. The van der Waals surface area contributed by atoms with E-state index in [1.165, 1.54) is 0 Å². The van der Waals surface area contributed by atoms with E-state index in [-0.39, 0.29) is 12.6 Å². The molecule has 1 rings (SSSR count). The summed E-state index contributed by atoms with van der Waals surface area (Å²) in [7, 11) is 0. The van der Waals surface area contributed by atoms with Gasteiger partial charge in [0.1, 0.15) is 6.10 Å². The van der Waals surface area contributed by atoms with Gasteiger partial charge in [0, 0.05) is 6.04 Å². The molecule has 5 nitrogen and oxygen atoms in total. The van der Waals surface area contributed by atoms with Gasteiger partial charge in [0.25, 0.3) is 0 Å². The van der Waals surface area contributed by atoms with Crippen LogP contribution in [0.3, 0.4) is 0 Å². The van der Waals surface area contributed by atoms with Gasteiger partial charge in [0.05, 0.1) is 24.9 Å². The number of aliphatic hydroxyl groups is 4. The molecule has 5 N–H and O–H groups in total. The molecule has 1 heterocycles. The molecule has 1 saturated heterocycles. The molecule has 0 aromatic carbocycles. The summed E-state index contributed by atoms with van der Waals surface area (Å²) in [5.74, 6) is 0. The maximum Gasteiger partial charge on any atom is 0.109 e. The molecule has 0 aromatic rings. The smallest absolute Gasteiger partial charge is 0.109 e. The van der Waals surface area contributed by atoms with Gasteiger partial charge in [-0.05, 0) is 6.42 Å². The Bertz CT molecular complexity index is 213. The highest BCUT2D eigenvalue weighted by Gasteiger charge is 2.41. The van der Waals surface area contributed by atoms with Crippen LogP contribution in [0, 0.1) is 0 Å². The molecule has 1 fully saturated rings. The molecule has 0 radical (unpaired) electrons. The monoisotopic (exact) mass is 247 g/mol. The van der Waals surface area contributed by atoms with Gasteiger partial charge in [-0.25, -0.2) is 0 Å². The molecule has 102 valence electrons. The molecule has 1 aliphatic heterocycles. The first kappa shape index (κ1) is 14.9. The summed E-state index contributed by atoms with van der Waals surface area (Å²) >= 11 is 0. The fourth-order valence-electron chi connectivity index (χ4n) is 2.36. The van der Waals surface area contributed by atoms with Gasteiger partial charge in [-0.3, -0.25) is 0 Å². The van der Waals surface area contributed by atoms with Crippen molar-refractivity contribution >= 4 is 0 Å². The van der Waals surface area contributed by atoms with Crippen molar-refractivity contribution < 1.29 is 20.4 Å². The van der Waals surface area contributed by atoms with E-state index in [1.807, 2.05) is 0 Å². The minimum Gasteiger partial charge on any atom is -0.395 e. The summed E-state index contributed by atoms with van der Waals surface area (Å²) in [6.07, 6.45) is 1.90. The van der Waals surface area contributed by atoms with Crippen LogP contribution in [0.5, 0.6) is 0 Å². The minimum atomic E-state index is -1.18. The Labute approximate surface area is 102 Å². The van der Waals surface area contributed by atoms with E-state index in [1.54, 1.807) is 0 Å². The van der Waals surface area contributed by atoms with Crippen molar-refractivity contribution in [1.82, 2.24) is 5.32 Å². The lowest BCUT2D eigenvalue weighted by atomic mass is 9.88. The standard InChI is InChI=1S/C12H25NO4/c1-2-3-4-5-6-8-10(15)12(17)11(16)9(7-14)13-8/h8-17H,2-7H2,1H3/t8-,9+,10-,11-,12+/m0/s1. The molecule has 0 saturated carbocycles. The number of unbranched alkanes of at least 4 members (excludes halogenated alkanes) is 3. The summed E-state index contributed by atoms with van der Waals surface area (Å²) in [5, 5.41) is 41.2. The maximum absolute atomic E-state index is 9.82. The fraction of sp³-hybridized carbons (Fsp3) is 1.00. The zero-order valence-electron chi connectivity index (χ0n) is 10.4. The first-order chi connectivity index (χ1) is 8.11. The molecule has 5 heteroatoms. The van der Waals surface area contributed by atoms with E-state index in [9.17, 15) is 15.3 Å². The SMILES string of the molecule is CCCCCC[C@@H]1N[C@H](CO)[C@H](O)[C@H](O)[C@H]1O. The molecule has 0 unspecified atom stereocenters. The molecule has 5 atom stereocenters. The van der Waals surface area contributed by atoms with Gasteiger partial charge < -0.3 is 25.7 Å². The lowest BCUT2D eigenvalue weighted by Gasteiger charge is -2.41. The van der Waals surface area contributed by atoms with Gasteiger partial charge in [0.15, 0.2) is 0 Å². The van der Waals surface area contributed by atoms with Crippen molar-refractivity contribution in [2.45, 2.75) is 69.4 Å². The van der Waals surface area contributed by atoms with Crippen LogP contribution in [0.4, 0.5) is 0 Å². The second kappa shape index (κ2) is 7.28. The number of nitrogens with one attached hydrogen (secondary N) is 1. The molecule has 0 spiro atoms. The first-order valence-electron chi connectivity index (χ1n) is 6.53. The summed E-state index contributed by atoms with van der Waals surface area (Å²) in [4.78, 5) is 0. The van der Waals surface area contributed by atoms with Gasteiger partial charge in [0.2, 0.25) is 0 Å². The number of piperidine rings is 1. The summed E-state index contributed by atoms with van der Waals surface area (Å²) in [6, 6.07) is -0.799. The second-order valence-electron chi connectivity index (χ2n) is 4.88. The van der Waals surface area contributed by atoms with Crippen LogP contribution in [0.15, 0.2) is 0 Å². The van der Waals surface area contributed by atoms with E-state index in [0.717, 1.165) is 32.1 Å². The van der Waals surface area contributed by atoms with Crippen molar-refractivity contribution in [2.24, 2.45) is 0 Å². The summed E-state index contributed by atoms with van der Waals surface area (Å²) in [6.45, 7) is 1.89. The van der Waals surface area contributed by atoms with Crippen LogP contribution in [-0.2, 0) is 0 Å². The van der Waals surface area contributed by atoms with E-state index in [0.29, 0.717) is 0 Å². The molecule has 0 aliphatic carbocycles. The van der Waals surface area contributed by atoms with Crippen molar-refractivity contribution in [2.75, 3.05) is 6.61 Å². The number of rotatable bonds is 6. The Morgan fingerprint density at radius 3 is 2.12 bits per heavy atom. The average molecular weight is 247 g/mol. The Morgan fingerprint density at radius 2 is 1.53 bits per heavy atom. The van der Waals surface area contributed by atoms with Crippen molar-refractivity contribution in [3.05, 3.63) is 0 Å². The Kier molecular flexibility index (Phi) is 6.37. The molecular weight excluding hydrogens is 222 g/mol. The van der Waals surface area contributed by atoms with Crippen molar-refractivity contribution in [3.63, 3.8) is 0 Å². The van der Waals surface area contributed by atoms with Crippen LogP contribution in [0.2, 0.25) is 0 Å². The zero-order chi connectivity index (χ0) is 12.8. The highest BCUT2D eigenvalue weighted by atomic mass is 16.4. The molecule has 0 aromatic heterocycles. The third-order valence-corrected chi connectivity index (χ3v) is 3.52. The van der Waals surface area contributed by atoms with Gasteiger partial charge in [-0.2, -0.15) is 0 Å². The van der Waals surface area contributed by atoms with Gasteiger partial charge in [-0.1, -0.05) is 32.6 Å². The van der Waals surface area contributed by atoms with Crippen LogP contribution >= 0.6 is 0 Å². The number of hydrogen-bond donors (Lipinski definition) is 5. The topological polar surface area (TPSA) is 93.0 Å². The Morgan fingerprint density at radius 1 is 0.882 bits per heavy atom. The van der Waals surface area contributed by atoms with E-state index < -0.39 is 24.4 Å². The highest BCUT2D eigenvalue weighted by Crippen LogP contribution is 2.19. The lowest BCUT2D eigenvalue weighted by Crippen LogP contribution is -2.65. The maximum atomic E-state index is 9.82. The largest absolute Gasteiger partial charge is 0.395 e. The first-order valence-corrected chi connectivity index (χ1v) is 6.53. The minimum absolute atomic E-state index is 0.240. The number of aliphatic hydroxyl groups excluding tert-OH is 4. The molecular formula is C12H25NO4. The lowest BCUT2D eigenvalue weighted by molar-refractivity contribution is -0.120. The van der Waals surface area contributed by atoms with Crippen LogP contribution in [0.25, 0.3) is 0 Å². The average Bonchev–Trinajstić information content (AvgIpc) is 2.34. The van der Waals surface area contributed by atoms with E-state index in [2.05, 4.69) is 12.2 Å². The number of hydrogen-bond acceptors (Lipinski definition) is 5. The summed E-state index contributed by atoms with van der Waals surface area (Å²) < 4.78 is 0.